The molecule has 1 saturated heterocycles. The molecule has 43 heavy (non-hydrogen) atoms. The van der Waals surface area contributed by atoms with Gasteiger partial charge >= 0.3 is 0 Å². The molecule has 1 fully saturated rings. The minimum atomic E-state index is -1.48. The van der Waals surface area contributed by atoms with Gasteiger partial charge in [0.25, 0.3) is 0 Å². The summed E-state index contributed by atoms with van der Waals surface area (Å²) in [5.74, 6) is 0. The molecule has 5 atom stereocenters. The van der Waals surface area contributed by atoms with Gasteiger partial charge < -0.3 is 30.0 Å². The molecule has 0 saturated carbocycles. The number of hydroxylamine groups is 3. The van der Waals surface area contributed by atoms with E-state index in [0.29, 0.717) is 0 Å². The first-order chi connectivity index (χ1) is 21.0. The fourth-order valence-corrected chi connectivity index (χ4v) is 5.14. The lowest BCUT2D eigenvalue weighted by atomic mass is 9.94. The number of nitrogens with zero attached hydrogens (tertiary/aromatic N) is 1. The fraction of sp³-hybridized carbons (Fsp3) is 0.294. The van der Waals surface area contributed by atoms with Gasteiger partial charge in [0.1, 0.15) is 24.4 Å². The van der Waals surface area contributed by atoms with E-state index in [1.54, 1.807) is 7.11 Å². The fourth-order valence-electron chi connectivity index (χ4n) is 5.14. The molecule has 5 rings (SSSR count). The van der Waals surface area contributed by atoms with Crippen molar-refractivity contribution in [1.82, 2.24) is 10.5 Å². The molecule has 9 heteroatoms. The number of benzene rings is 4. The zero-order chi connectivity index (χ0) is 30.6. The third-order valence-corrected chi connectivity index (χ3v) is 7.32. The molecule has 1 aliphatic heterocycles. The highest BCUT2D eigenvalue weighted by Crippen LogP contribution is 2.34. The van der Waals surface area contributed by atoms with E-state index in [1.165, 1.54) is 23.3 Å². The van der Waals surface area contributed by atoms with Crippen molar-refractivity contribution in [2.75, 3.05) is 20.8 Å². The van der Waals surface area contributed by atoms with E-state index in [-0.39, 0.29) is 6.04 Å². The highest BCUT2D eigenvalue weighted by Gasteiger charge is 2.48. The van der Waals surface area contributed by atoms with Crippen molar-refractivity contribution in [3.05, 3.63) is 144 Å². The van der Waals surface area contributed by atoms with E-state index >= 15 is 0 Å². The van der Waals surface area contributed by atoms with Crippen LogP contribution in [0.4, 0.5) is 0 Å². The van der Waals surface area contributed by atoms with Crippen LogP contribution >= 0.6 is 0 Å². The second-order valence-electron chi connectivity index (χ2n) is 10.1. The Labute approximate surface area is 252 Å². The molecule has 2 unspecified atom stereocenters. The number of hydrogen-bond donors (Lipinski definition) is 5. The van der Waals surface area contributed by atoms with Crippen LogP contribution in [0.3, 0.4) is 0 Å². The maximum Gasteiger partial charge on any atom is 0.163 e. The average Bonchev–Trinajstić information content (AvgIpc) is 3.07. The first kappa shape index (κ1) is 32.4. The number of aliphatic hydroxyl groups is 4. The van der Waals surface area contributed by atoms with Gasteiger partial charge in [-0.15, -0.1) is 5.06 Å². The summed E-state index contributed by atoms with van der Waals surface area (Å²) in [7, 11) is 3.08. The highest BCUT2D eigenvalue weighted by molar-refractivity contribution is 5.32. The predicted octanol–water partition coefficient (Wildman–Crippen LogP) is 3.37. The topological polar surface area (TPSA) is 124 Å². The summed E-state index contributed by atoms with van der Waals surface area (Å²) in [5.41, 5.74) is 7.18. The minimum Gasteiger partial charge on any atom is -0.394 e. The monoisotopic (exact) mass is 588 g/mol. The highest BCUT2D eigenvalue weighted by atomic mass is 16.7. The Bertz CT molecular complexity index is 1240. The number of rotatable bonds is 10. The van der Waals surface area contributed by atoms with Crippen LogP contribution in [0.1, 0.15) is 34.3 Å². The third kappa shape index (κ3) is 8.12. The Morgan fingerprint density at radius 3 is 1.44 bits per heavy atom. The van der Waals surface area contributed by atoms with Crippen molar-refractivity contribution in [2.24, 2.45) is 0 Å². The van der Waals surface area contributed by atoms with E-state index in [2.05, 4.69) is 29.7 Å². The van der Waals surface area contributed by atoms with Gasteiger partial charge in [-0.2, -0.15) is 5.48 Å². The molecule has 0 amide bonds. The number of aliphatic hydroxyl groups excluding tert-OH is 4. The summed E-state index contributed by atoms with van der Waals surface area (Å²) in [6.45, 7) is -0.500. The molecule has 1 heterocycles. The molecule has 0 spiro atoms. The van der Waals surface area contributed by atoms with Crippen LogP contribution in [0, 0.1) is 0 Å². The summed E-state index contributed by atoms with van der Waals surface area (Å²) in [4.78, 5) is 10.6. The largest absolute Gasteiger partial charge is 0.394 e. The smallest absolute Gasteiger partial charge is 0.163 e. The molecule has 9 nitrogen and oxygen atoms in total. The Morgan fingerprint density at radius 1 is 0.651 bits per heavy atom. The van der Waals surface area contributed by atoms with Crippen LogP contribution in [0.25, 0.3) is 0 Å². The SMILES string of the molecule is CON(C(c1ccccc1)c1ccccc1)[C@@H]1OC(CO)[C@@H](O)[C@H](O)C1O.CONC(c1ccccc1)c1ccccc1. The maximum atomic E-state index is 10.5. The second kappa shape index (κ2) is 16.4. The van der Waals surface area contributed by atoms with Gasteiger partial charge in [0.05, 0.1) is 32.9 Å². The number of nitrogens with one attached hydrogen (secondary N) is 1. The van der Waals surface area contributed by atoms with E-state index < -0.39 is 43.3 Å². The summed E-state index contributed by atoms with van der Waals surface area (Å²) < 4.78 is 5.70. The Kier molecular flexibility index (Phi) is 12.4. The normalized spacial score (nSPS) is 21.9. The molecule has 0 aromatic heterocycles. The van der Waals surface area contributed by atoms with Crippen LogP contribution in [-0.4, -0.2) is 77.0 Å². The van der Waals surface area contributed by atoms with Crippen LogP contribution in [0.5, 0.6) is 0 Å². The molecule has 0 bridgehead atoms. The van der Waals surface area contributed by atoms with Crippen molar-refractivity contribution >= 4 is 0 Å². The number of ether oxygens (including phenoxy) is 1. The van der Waals surface area contributed by atoms with Crippen molar-refractivity contribution in [2.45, 2.75) is 42.7 Å². The average molecular weight is 589 g/mol. The lowest BCUT2D eigenvalue weighted by Crippen LogP contribution is -2.63. The second-order valence-corrected chi connectivity index (χ2v) is 10.1. The van der Waals surface area contributed by atoms with Crippen LogP contribution in [0.15, 0.2) is 121 Å². The van der Waals surface area contributed by atoms with Crippen molar-refractivity contribution < 1.29 is 34.8 Å². The van der Waals surface area contributed by atoms with E-state index in [9.17, 15) is 20.4 Å². The molecule has 4 aromatic rings. The molecule has 0 aliphatic carbocycles. The molecular weight excluding hydrogens is 548 g/mol. The van der Waals surface area contributed by atoms with Crippen molar-refractivity contribution in [1.29, 1.82) is 0 Å². The molecule has 4 aromatic carbocycles. The molecule has 0 radical (unpaired) electrons. The van der Waals surface area contributed by atoms with E-state index in [1.807, 2.05) is 97.1 Å². The zero-order valence-electron chi connectivity index (χ0n) is 24.3. The zero-order valence-corrected chi connectivity index (χ0v) is 24.3. The first-order valence-electron chi connectivity index (χ1n) is 14.1. The van der Waals surface area contributed by atoms with Crippen molar-refractivity contribution in [3.8, 4) is 0 Å². The standard InChI is InChI=1S/C20H25NO6.C14H15NO/c1-26-21(20-19(25)18(24)17(23)15(12-22)27-20)16(13-8-4-2-5-9-13)14-10-6-3-7-11-14;1-16-15-14(12-8-4-2-5-9-12)13-10-6-3-7-11-13/h2-11,15-20,22-25H,12H2,1H3;2-11,14-15H,1H3/t15?,17-,18+,19?,20-;/m1./s1. The van der Waals surface area contributed by atoms with Gasteiger partial charge in [0.2, 0.25) is 0 Å². The summed E-state index contributed by atoms with van der Waals surface area (Å²) in [5, 5.41) is 41.6. The van der Waals surface area contributed by atoms with Gasteiger partial charge in [0, 0.05) is 0 Å². The Balaban J connectivity index is 0.000000225. The molecule has 5 N–H and O–H groups in total. The van der Waals surface area contributed by atoms with Gasteiger partial charge in [-0.3, -0.25) is 4.84 Å². The minimum absolute atomic E-state index is 0.0763. The Morgan fingerprint density at radius 2 is 1.07 bits per heavy atom. The van der Waals surface area contributed by atoms with Gasteiger partial charge in [-0.05, 0) is 22.3 Å². The predicted molar refractivity (Wildman–Crippen MR) is 162 cm³/mol. The molecule has 228 valence electrons. The quantitative estimate of drug-likeness (QED) is 0.178. The van der Waals surface area contributed by atoms with Gasteiger partial charge in [-0.1, -0.05) is 121 Å². The first-order valence-corrected chi connectivity index (χ1v) is 14.1. The lowest BCUT2D eigenvalue weighted by molar-refractivity contribution is -0.337. The van der Waals surface area contributed by atoms with Crippen LogP contribution < -0.4 is 5.48 Å². The summed E-state index contributed by atoms with van der Waals surface area (Å²) >= 11 is 0. The van der Waals surface area contributed by atoms with Crippen LogP contribution in [-0.2, 0) is 14.4 Å². The summed E-state index contributed by atoms with van der Waals surface area (Å²) in [6.07, 6.45) is -6.45. The van der Waals surface area contributed by atoms with Gasteiger partial charge in [-0.25, -0.2) is 0 Å². The maximum absolute atomic E-state index is 10.5. The van der Waals surface area contributed by atoms with Crippen molar-refractivity contribution in [3.63, 3.8) is 0 Å². The molecular formula is C34H40N2O7. The third-order valence-electron chi connectivity index (χ3n) is 7.32. The number of hydrogen-bond acceptors (Lipinski definition) is 9. The Hall–Kier alpha value is -3.48. The lowest BCUT2D eigenvalue weighted by Gasteiger charge is -2.45. The van der Waals surface area contributed by atoms with E-state index in [0.717, 1.165) is 11.1 Å². The molecule has 1 aliphatic rings. The summed E-state index contributed by atoms with van der Waals surface area (Å²) in [6, 6.07) is 39.2. The van der Waals surface area contributed by atoms with Crippen LogP contribution in [0.2, 0.25) is 0 Å². The van der Waals surface area contributed by atoms with E-state index in [4.69, 9.17) is 14.4 Å². The van der Waals surface area contributed by atoms with Gasteiger partial charge in [0.15, 0.2) is 6.23 Å².